The normalized spacial score (nSPS) is 11.5. The molecule has 3 aromatic rings. The van der Waals surface area contributed by atoms with E-state index in [1.54, 1.807) is 10.9 Å². The van der Waals surface area contributed by atoms with E-state index in [9.17, 15) is 4.79 Å². The minimum atomic E-state index is -0.249. The standard InChI is InChI=1S/C18H19N5O/c1-13(2)15-9-7-14(8-10-15)11-19-21-18(24)12-23-17-6-4-3-5-16(17)20-22-23/h3-11,13H,12H2,1-2H3,(H,21,24)/b19-11-. The molecular formula is C18H19N5O. The van der Waals surface area contributed by atoms with Gasteiger partial charge in [-0.25, -0.2) is 10.1 Å². The summed E-state index contributed by atoms with van der Waals surface area (Å²) in [6.07, 6.45) is 1.63. The van der Waals surface area contributed by atoms with Crippen molar-refractivity contribution in [2.45, 2.75) is 26.3 Å². The van der Waals surface area contributed by atoms with Crippen LogP contribution in [0.25, 0.3) is 11.0 Å². The third kappa shape index (κ3) is 3.65. The first-order chi connectivity index (χ1) is 11.6. The van der Waals surface area contributed by atoms with Crippen LogP contribution in [0.15, 0.2) is 53.6 Å². The van der Waals surface area contributed by atoms with Gasteiger partial charge in [0.2, 0.25) is 0 Å². The lowest BCUT2D eigenvalue weighted by molar-refractivity contribution is -0.121. The molecule has 0 saturated heterocycles. The minimum Gasteiger partial charge on any atom is -0.271 e. The molecule has 0 aliphatic rings. The molecule has 0 fully saturated rings. The van der Waals surface area contributed by atoms with Gasteiger partial charge >= 0.3 is 0 Å². The predicted octanol–water partition coefficient (Wildman–Crippen LogP) is 2.71. The van der Waals surface area contributed by atoms with Gasteiger partial charge in [0.1, 0.15) is 12.1 Å². The highest BCUT2D eigenvalue weighted by Crippen LogP contribution is 2.13. The Bertz CT molecular complexity index is 865. The van der Waals surface area contributed by atoms with Crippen molar-refractivity contribution >= 4 is 23.2 Å². The molecule has 0 atom stereocenters. The number of hydrazone groups is 1. The van der Waals surface area contributed by atoms with Gasteiger partial charge in [-0.3, -0.25) is 4.79 Å². The molecule has 3 rings (SSSR count). The maximum absolute atomic E-state index is 12.0. The van der Waals surface area contributed by atoms with E-state index < -0.39 is 0 Å². The van der Waals surface area contributed by atoms with E-state index in [0.29, 0.717) is 5.92 Å². The number of benzene rings is 2. The van der Waals surface area contributed by atoms with Crippen molar-refractivity contribution < 1.29 is 4.79 Å². The average Bonchev–Trinajstić information content (AvgIpc) is 2.98. The van der Waals surface area contributed by atoms with Gasteiger partial charge in [0.05, 0.1) is 11.7 Å². The van der Waals surface area contributed by atoms with Crippen LogP contribution in [0.2, 0.25) is 0 Å². The third-order valence-electron chi connectivity index (χ3n) is 3.72. The van der Waals surface area contributed by atoms with Crippen molar-refractivity contribution in [1.82, 2.24) is 20.4 Å². The summed E-state index contributed by atoms with van der Waals surface area (Å²) in [5.41, 5.74) is 6.31. The van der Waals surface area contributed by atoms with Gasteiger partial charge in [0.15, 0.2) is 0 Å². The van der Waals surface area contributed by atoms with E-state index in [-0.39, 0.29) is 12.5 Å². The van der Waals surface area contributed by atoms with Crippen LogP contribution in [0.5, 0.6) is 0 Å². The molecule has 1 heterocycles. The van der Waals surface area contributed by atoms with Gasteiger partial charge < -0.3 is 0 Å². The molecule has 0 unspecified atom stereocenters. The van der Waals surface area contributed by atoms with E-state index in [1.165, 1.54) is 5.56 Å². The molecule has 0 spiro atoms. The van der Waals surface area contributed by atoms with E-state index in [1.807, 2.05) is 36.4 Å². The maximum Gasteiger partial charge on any atom is 0.261 e. The molecule has 0 bridgehead atoms. The fourth-order valence-electron chi connectivity index (χ4n) is 2.35. The first-order valence-electron chi connectivity index (χ1n) is 7.83. The zero-order valence-corrected chi connectivity index (χ0v) is 13.7. The molecule has 6 heteroatoms. The summed E-state index contributed by atoms with van der Waals surface area (Å²) in [7, 11) is 0. The Labute approximate surface area is 140 Å². The summed E-state index contributed by atoms with van der Waals surface area (Å²) < 4.78 is 1.55. The molecule has 1 aromatic heterocycles. The largest absolute Gasteiger partial charge is 0.271 e. The molecule has 24 heavy (non-hydrogen) atoms. The lowest BCUT2D eigenvalue weighted by Crippen LogP contribution is -2.23. The van der Waals surface area contributed by atoms with Crippen molar-refractivity contribution in [3.05, 3.63) is 59.7 Å². The van der Waals surface area contributed by atoms with Crippen LogP contribution < -0.4 is 5.43 Å². The lowest BCUT2D eigenvalue weighted by Gasteiger charge is -2.04. The topological polar surface area (TPSA) is 72.2 Å². The molecule has 0 aliphatic carbocycles. The Kier molecular flexibility index (Phi) is 4.65. The summed E-state index contributed by atoms with van der Waals surface area (Å²) in [4.78, 5) is 12.0. The van der Waals surface area contributed by atoms with Crippen molar-refractivity contribution in [2.24, 2.45) is 5.10 Å². The first kappa shape index (κ1) is 15.9. The van der Waals surface area contributed by atoms with E-state index in [4.69, 9.17) is 0 Å². The van der Waals surface area contributed by atoms with Gasteiger partial charge in [-0.2, -0.15) is 5.10 Å². The molecule has 1 amide bonds. The van der Waals surface area contributed by atoms with Crippen LogP contribution in [0.1, 0.15) is 30.9 Å². The van der Waals surface area contributed by atoms with Crippen LogP contribution in [0, 0.1) is 0 Å². The molecule has 1 N–H and O–H groups in total. The summed E-state index contributed by atoms with van der Waals surface area (Å²) in [6, 6.07) is 15.6. The average molecular weight is 321 g/mol. The Morgan fingerprint density at radius 1 is 1.21 bits per heavy atom. The van der Waals surface area contributed by atoms with E-state index >= 15 is 0 Å². The summed E-state index contributed by atoms with van der Waals surface area (Å²) in [5.74, 6) is 0.244. The van der Waals surface area contributed by atoms with Crippen molar-refractivity contribution in [3.8, 4) is 0 Å². The highest BCUT2D eigenvalue weighted by atomic mass is 16.2. The number of amides is 1. The van der Waals surface area contributed by atoms with Crippen molar-refractivity contribution in [1.29, 1.82) is 0 Å². The maximum atomic E-state index is 12.0. The number of hydrogen-bond acceptors (Lipinski definition) is 4. The Morgan fingerprint density at radius 3 is 2.71 bits per heavy atom. The second kappa shape index (κ2) is 7.04. The number of carbonyl (C=O) groups is 1. The predicted molar refractivity (Wildman–Crippen MR) is 93.8 cm³/mol. The highest BCUT2D eigenvalue weighted by Gasteiger charge is 2.07. The van der Waals surface area contributed by atoms with E-state index in [2.05, 4.69) is 46.8 Å². The first-order valence-corrected chi connectivity index (χ1v) is 7.83. The quantitative estimate of drug-likeness (QED) is 0.580. The second-order valence-corrected chi connectivity index (χ2v) is 5.85. The number of rotatable bonds is 5. The molecule has 122 valence electrons. The third-order valence-corrected chi connectivity index (χ3v) is 3.72. The fraction of sp³-hybridized carbons (Fsp3) is 0.222. The molecule has 2 aromatic carbocycles. The number of nitrogens with zero attached hydrogens (tertiary/aromatic N) is 4. The van der Waals surface area contributed by atoms with Gasteiger partial charge in [-0.1, -0.05) is 55.5 Å². The Hall–Kier alpha value is -3.02. The van der Waals surface area contributed by atoms with Gasteiger partial charge in [0, 0.05) is 0 Å². The van der Waals surface area contributed by atoms with Crippen molar-refractivity contribution in [2.75, 3.05) is 0 Å². The number of carbonyl (C=O) groups excluding carboxylic acids is 1. The van der Waals surface area contributed by atoms with Crippen LogP contribution in [-0.4, -0.2) is 27.1 Å². The molecule has 0 radical (unpaired) electrons. The van der Waals surface area contributed by atoms with Crippen LogP contribution in [-0.2, 0) is 11.3 Å². The SMILES string of the molecule is CC(C)c1ccc(/C=N\NC(=O)Cn2nnc3ccccc32)cc1. The summed E-state index contributed by atoms with van der Waals surface area (Å²) in [5, 5.41) is 12.0. The molecule has 6 nitrogen and oxygen atoms in total. The summed E-state index contributed by atoms with van der Waals surface area (Å²) in [6.45, 7) is 4.37. The summed E-state index contributed by atoms with van der Waals surface area (Å²) >= 11 is 0. The number of para-hydroxylation sites is 1. The zero-order valence-electron chi connectivity index (χ0n) is 13.7. The minimum absolute atomic E-state index is 0.0736. The molecule has 0 aliphatic heterocycles. The Morgan fingerprint density at radius 2 is 1.96 bits per heavy atom. The lowest BCUT2D eigenvalue weighted by atomic mass is 10.0. The monoisotopic (exact) mass is 321 g/mol. The van der Waals surface area contributed by atoms with Gasteiger partial charge in [-0.15, -0.1) is 5.10 Å². The van der Waals surface area contributed by atoms with Gasteiger partial charge in [-0.05, 0) is 29.2 Å². The molecular weight excluding hydrogens is 302 g/mol. The number of hydrogen-bond donors (Lipinski definition) is 1. The number of aromatic nitrogens is 3. The number of fused-ring (bicyclic) bond motifs is 1. The van der Waals surface area contributed by atoms with Crippen LogP contribution in [0.3, 0.4) is 0 Å². The van der Waals surface area contributed by atoms with Gasteiger partial charge in [0.25, 0.3) is 5.91 Å². The fourth-order valence-corrected chi connectivity index (χ4v) is 2.35. The van der Waals surface area contributed by atoms with Crippen LogP contribution in [0.4, 0.5) is 0 Å². The molecule has 0 saturated carbocycles. The van der Waals surface area contributed by atoms with Crippen LogP contribution >= 0.6 is 0 Å². The highest BCUT2D eigenvalue weighted by molar-refractivity contribution is 5.83. The Balaban J connectivity index is 1.59. The van der Waals surface area contributed by atoms with Crippen molar-refractivity contribution in [3.63, 3.8) is 0 Å². The zero-order chi connectivity index (χ0) is 16.9. The smallest absolute Gasteiger partial charge is 0.261 e. The second-order valence-electron chi connectivity index (χ2n) is 5.85. The number of nitrogens with one attached hydrogen (secondary N) is 1. The van der Waals surface area contributed by atoms with E-state index in [0.717, 1.165) is 16.6 Å².